The Labute approximate surface area is 197 Å². The molecule has 2 atom stereocenters. The molecule has 2 aliphatic carbocycles. The molecule has 1 aromatic carbocycles. The maximum atomic E-state index is 13.7. The van der Waals surface area contributed by atoms with Gasteiger partial charge >= 0.3 is 6.18 Å². The molecule has 0 saturated heterocycles. The molecule has 35 heavy (non-hydrogen) atoms. The molecule has 2 aliphatic rings. The second-order valence-corrected chi connectivity index (χ2v) is 9.03. The fourth-order valence-electron chi connectivity index (χ4n) is 3.99. The molecule has 2 heterocycles. The van der Waals surface area contributed by atoms with Crippen LogP contribution < -0.4 is 0 Å². The molecule has 1 amide bonds. The van der Waals surface area contributed by atoms with E-state index in [0.717, 1.165) is 25.0 Å². The molecule has 7 nitrogen and oxygen atoms in total. The monoisotopic (exact) mass is 492 g/mol. The van der Waals surface area contributed by atoms with E-state index in [9.17, 15) is 26.7 Å². The van der Waals surface area contributed by atoms with Crippen molar-refractivity contribution >= 4 is 5.91 Å². The zero-order chi connectivity index (χ0) is 25.0. The van der Waals surface area contributed by atoms with E-state index < -0.39 is 42.0 Å². The largest absolute Gasteiger partial charge is 0.416 e. The second kappa shape index (κ2) is 8.35. The first-order valence-corrected chi connectivity index (χ1v) is 11.1. The minimum absolute atomic E-state index is 0.184. The van der Waals surface area contributed by atoms with Crippen LogP contribution in [0.4, 0.5) is 22.0 Å². The molecule has 2 unspecified atom stereocenters. The van der Waals surface area contributed by atoms with Gasteiger partial charge in [-0.1, -0.05) is 0 Å². The molecule has 0 bridgehead atoms. The van der Waals surface area contributed by atoms with Crippen LogP contribution in [0.5, 0.6) is 0 Å². The number of rotatable bonds is 7. The Balaban J connectivity index is 1.48. The third-order valence-corrected chi connectivity index (χ3v) is 6.28. The Kier molecular flexibility index (Phi) is 5.56. The predicted octanol–water partition coefficient (Wildman–Crippen LogP) is 4.81. The van der Waals surface area contributed by atoms with Gasteiger partial charge in [0.05, 0.1) is 17.5 Å². The zero-order valence-corrected chi connectivity index (χ0v) is 18.6. The summed E-state index contributed by atoms with van der Waals surface area (Å²) in [5, 5.41) is 4.34. The summed E-state index contributed by atoms with van der Waals surface area (Å²) in [5.41, 5.74) is -1.59. The highest BCUT2D eigenvalue weighted by molar-refractivity contribution is 5.95. The summed E-state index contributed by atoms with van der Waals surface area (Å²) in [7, 11) is 0. The van der Waals surface area contributed by atoms with E-state index >= 15 is 0 Å². The molecule has 12 heteroatoms. The van der Waals surface area contributed by atoms with Crippen molar-refractivity contribution in [2.75, 3.05) is 6.54 Å². The third-order valence-electron chi connectivity index (χ3n) is 6.28. The topological polar surface area (TPSA) is 76.8 Å². The van der Waals surface area contributed by atoms with Crippen molar-refractivity contribution < 1.29 is 26.7 Å². The fourth-order valence-corrected chi connectivity index (χ4v) is 3.99. The Morgan fingerprint density at radius 2 is 1.86 bits per heavy atom. The van der Waals surface area contributed by atoms with Gasteiger partial charge in [0.15, 0.2) is 5.82 Å². The molecule has 184 valence electrons. The molecule has 0 N–H and O–H groups in total. The Morgan fingerprint density at radius 3 is 2.46 bits per heavy atom. The van der Waals surface area contributed by atoms with Crippen LogP contribution in [0.3, 0.4) is 0 Å². The van der Waals surface area contributed by atoms with Gasteiger partial charge in [-0.15, -0.1) is 5.10 Å². The highest BCUT2D eigenvalue weighted by atomic mass is 19.4. The average Bonchev–Trinajstić information content (AvgIpc) is 3.71. The van der Waals surface area contributed by atoms with Crippen LogP contribution in [-0.2, 0) is 6.18 Å². The molecule has 0 radical (unpaired) electrons. The third kappa shape index (κ3) is 4.87. The van der Waals surface area contributed by atoms with Crippen molar-refractivity contribution in [3.8, 4) is 5.95 Å². The SMILES string of the molecule is CC(c1ncn(-c2ncccn2)n1)N(CC1CC1)C(=O)c1cc(C2CC2(F)F)cc(C(F)(F)F)c1. The van der Waals surface area contributed by atoms with Crippen LogP contribution in [-0.4, -0.2) is 48.0 Å². The van der Waals surface area contributed by atoms with Crippen LogP contribution in [0.2, 0.25) is 0 Å². The number of halogens is 5. The van der Waals surface area contributed by atoms with E-state index in [1.54, 1.807) is 13.0 Å². The van der Waals surface area contributed by atoms with Gasteiger partial charge in [0, 0.05) is 30.9 Å². The molecule has 0 aliphatic heterocycles. The number of amides is 1. The minimum Gasteiger partial charge on any atom is -0.328 e. The lowest BCUT2D eigenvalue weighted by Crippen LogP contribution is -2.36. The van der Waals surface area contributed by atoms with Crippen molar-refractivity contribution in [3.63, 3.8) is 0 Å². The summed E-state index contributed by atoms with van der Waals surface area (Å²) >= 11 is 0. The van der Waals surface area contributed by atoms with Gasteiger partial charge in [-0.2, -0.15) is 17.9 Å². The Hall–Kier alpha value is -3.44. The van der Waals surface area contributed by atoms with Crippen molar-refractivity contribution in [3.05, 3.63) is 65.5 Å². The van der Waals surface area contributed by atoms with Gasteiger partial charge in [0.2, 0.25) is 0 Å². The highest BCUT2D eigenvalue weighted by Gasteiger charge is 2.58. The van der Waals surface area contributed by atoms with Gasteiger partial charge in [-0.25, -0.2) is 23.7 Å². The van der Waals surface area contributed by atoms with Gasteiger partial charge in [0.1, 0.15) is 6.33 Å². The van der Waals surface area contributed by atoms with Crippen LogP contribution in [0.1, 0.15) is 65.5 Å². The molecule has 2 saturated carbocycles. The first kappa shape index (κ1) is 23.3. The smallest absolute Gasteiger partial charge is 0.328 e. The first-order valence-electron chi connectivity index (χ1n) is 11.1. The average molecular weight is 492 g/mol. The summed E-state index contributed by atoms with van der Waals surface area (Å²) in [5.74, 6) is -4.35. The normalized spacial score (nSPS) is 19.9. The fraction of sp³-hybridized carbons (Fsp3) is 0.435. The first-order chi connectivity index (χ1) is 16.5. The van der Waals surface area contributed by atoms with Gasteiger partial charge in [0.25, 0.3) is 17.8 Å². The number of carbonyl (C=O) groups excluding carboxylic acids is 1. The Bertz CT molecular complexity index is 1240. The van der Waals surface area contributed by atoms with Crippen molar-refractivity contribution in [2.45, 2.75) is 50.2 Å². The number of alkyl halides is 5. The maximum absolute atomic E-state index is 13.7. The quantitative estimate of drug-likeness (QED) is 0.443. The lowest BCUT2D eigenvalue weighted by molar-refractivity contribution is -0.137. The van der Waals surface area contributed by atoms with E-state index in [-0.39, 0.29) is 28.8 Å². The number of benzene rings is 1. The lowest BCUT2D eigenvalue weighted by Gasteiger charge is -2.28. The van der Waals surface area contributed by atoms with Crippen molar-refractivity contribution in [1.29, 1.82) is 0 Å². The molecule has 0 spiro atoms. The Morgan fingerprint density at radius 1 is 1.17 bits per heavy atom. The van der Waals surface area contributed by atoms with Crippen LogP contribution in [0.15, 0.2) is 43.0 Å². The van der Waals surface area contributed by atoms with Crippen molar-refractivity contribution in [1.82, 2.24) is 29.6 Å². The number of hydrogen-bond acceptors (Lipinski definition) is 5. The summed E-state index contributed by atoms with van der Waals surface area (Å²) in [4.78, 5) is 27.3. The molecule has 2 aromatic heterocycles. The summed E-state index contributed by atoms with van der Waals surface area (Å²) in [6.07, 6.45) is 0.912. The van der Waals surface area contributed by atoms with Gasteiger partial charge < -0.3 is 4.90 Å². The summed E-state index contributed by atoms with van der Waals surface area (Å²) in [6.45, 7) is 1.97. The number of nitrogens with zero attached hydrogens (tertiary/aromatic N) is 6. The van der Waals surface area contributed by atoms with Crippen LogP contribution in [0, 0.1) is 5.92 Å². The second-order valence-electron chi connectivity index (χ2n) is 9.03. The zero-order valence-electron chi connectivity index (χ0n) is 18.6. The number of hydrogen-bond donors (Lipinski definition) is 0. The van der Waals surface area contributed by atoms with E-state index in [2.05, 4.69) is 20.1 Å². The molecule has 2 fully saturated rings. The number of aromatic nitrogens is 5. The van der Waals surface area contributed by atoms with E-state index in [1.165, 1.54) is 28.3 Å². The molecular formula is C23H21F5N6O. The minimum atomic E-state index is -4.78. The van der Waals surface area contributed by atoms with Crippen LogP contribution in [0.25, 0.3) is 5.95 Å². The predicted molar refractivity (Wildman–Crippen MR) is 113 cm³/mol. The highest BCUT2D eigenvalue weighted by Crippen LogP contribution is 2.56. The molecule has 5 rings (SSSR count). The maximum Gasteiger partial charge on any atom is 0.416 e. The van der Waals surface area contributed by atoms with E-state index in [4.69, 9.17) is 0 Å². The van der Waals surface area contributed by atoms with Crippen molar-refractivity contribution in [2.24, 2.45) is 5.92 Å². The lowest BCUT2D eigenvalue weighted by atomic mass is 10.0. The van der Waals surface area contributed by atoms with Crippen LogP contribution >= 0.6 is 0 Å². The standard InChI is InChI=1S/C23H21F5N6O/c1-13(19-31-12-34(32-19)21-29-5-2-6-30-21)33(11-14-3-4-14)20(35)16-7-15(18-10-22(18,24)25)8-17(9-16)23(26,27)28/h2,5-9,12-14,18H,3-4,10-11H2,1H3. The van der Waals surface area contributed by atoms with E-state index in [0.29, 0.717) is 12.6 Å². The summed E-state index contributed by atoms with van der Waals surface area (Å²) in [6, 6.07) is 3.54. The summed E-state index contributed by atoms with van der Waals surface area (Å²) < 4.78 is 69.3. The van der Waals surface area contributed by atoms with Gasteiger partial charge in [-0.05, 0) is 55.5 Å². The number of carbonyl (C=O) groups is 1. The molecule has 3 aromatic rings. The molecular weight excluding hydrogens is 471 g/mol. The van der Waals surface area contributed by atoms with E-state index in [1.807, 2.05) is 0 Å². The van der Waals surface area contributed by atoms with Gasteiger partial charge in [-0.3, -0.25) is 4.79 Å².